The molecule has 0 aromatic carbocycles. The summed E-state index contributed by atoms with van der Waals surface area (Å²) in [7, 11) is -12.6. The van der Waals surface area contributed by atoms with Crippen molar-refractivity contribution in [1.29, 1.82) is 0 Å². The second-order valence-electron chi connectivity index (χ2n) is 6.90. The minimum Gasteiger partial charge on any atom is -0.743 e. The Bertz CT molecular complexity index is 831. The highest BCUT2D eigenvalue weighted by Crippen LogP contribution is 2.62. The Labute approximate surface area is 145 Å². The van der Waals surface area contributed by atoms with E-state index in [1.165, 1.54) is 13.8 Å². The lowest BCUT2D eigenvalue weighted by molar-refractivity contribution is -0.238. The first-order valence-electron chi connectivity index (χ1n) is 7.18. The standard InChI is InChI=1S/C12H15F5O7S2/c1-9(2)6-3-4-10(9,7(18)5-6)26(22,23)24-8(11(13,14)15)12(16,17)25(19,20)21/h6,8H,3-5H2,1-2H3,(H,19,20,21)/p-1. The van der Waals surface area contributed by atoms with Crippen LogP contribution in [0, 0.1) is 11.3 Å². The summed E-state index contributed by atoms with van der Waals surface area (Å²) in [5, 5.41) is -6.11. The number of rotatable bonds is 5. The van der Waals surface area contributed by atoms with Crippen molar-refractivity contribution >= 4 is 26.0 Å². The van der Waals surface area contributed by atoms with Crippen LogP contribution in [0.4, 0.5) is 22.0 Å². The number of hydrogen-bond acceptors (Lipinski definition) is 7. The lowest BCUT2D eigenvalue weighted by Crippen LogP contribution is -2.57. The lowest BCUT2D eigenvalue weighted by Gasteiger charge is -2.37. The number of fused-ring (bicyclic) bond motifs is 2. The van der Waals surface area contributed by atoms with E-state index in [0.29, 0.717) is 0 Å². The number of ketones is 1. The van der Waals surface area contributed by atoms with Gasteiger partial charge in [0.25, 0.3) is 10.1 Å². The molecule has 2 rings (SSSR count). The van der Waals surface area contributed by atoms with Gasteiger partial charge in [0.15, 0.2) is 20.6 Å². The lowest BCUT2D eigenvalue weighted by atomic mass is 9.81. The molecule has 0 aromatic heterocycles. The number of alkyl halides is 5. The van der Waals surface area contributed by atoms with Crippen LogP contribution >= 0.6 is 0 Å². The van der Waals surface area contributed by atoms with E-state index in [2.05, 4.69) is 4.18 Å². The fourth-order valence-electron chi connectivity index (χ4n) is 3.86. The number of carbonyl (C=O) groups excluding carboxylic acids is 1. The van der Waals surface area contributed by atoms with Crippen molar-refractivity contribution in [1.82, 2.24) is 0 Å². The molecule has 0 radical (unpaired) electrons. The van der Waals surface area contributed by atoms with Crippen LogP contribution in [0.5, 0.6) is 0 Å². The predicted molar refractivity (Wildman–Crippen MR) is 73.4 cm³/mol. The van der Waals surface area contributed by atoms with Gasteiger partial charge in [-0.15, -0.1) is 0 Å². The molecule has 0 saturated heterocycles. The third-order valence-corrected chi connectivity index (χ3v) is 8.51. The van der Waals surface area contributed by atoms with Crippen molar-refractivity contribution in [2.75, 3.05) is 0 Å². The van der Waals surface area contributed by atoms with E-state index in [-0.39, 0.29) is 12.8 Å². The van der Waals surface area contributed by atoms with Crippen LogP contribution in [0.3, 0.4) is 0 Å². The maximum Gasteiger partial charge on any atom is 0.423 e. The fourth-order valence-corrected chi connectivity index (χ4v) is 6.56. The van der Waals surface area contributed by atoms with Crippen molar-refractivity contribution < 1.29 is 52.3 Å². The molecular formula is C12H14F5O7S2-. The smallest absolute Gasteiger partial charge is 0.423 e. The Morgan fingerprint density at radius 3 is 1.96 bits per heavy atom. The minimum atomic E-state index is -6.92. The van der Waals surface area contributed by atoms with Gasteiger partial charge in [0.05, 0.1) is 0 Å². The Balaban J connectivity index is 2.58. The first kappa shape index (κ1) is 21.4. The van der Waals surface area contributed by atoms with Crippen LogP contribution in [0.25, 0.3) is 0 Å². The van der Waals surface area contributed by atoms with E-state index >= 15 is 0 Å². The predicted octanol–water partition coefficient (Wildman–Crippen LogP) is 1.55. The van der Waals surface area contributed by atoms with Crippen molar-refractivity contribution in [2.45, 2.75) is 55.4 Å². The zero-order valence-electron chi connectivity index (χ0n) is 13.3. The highest BCUT2D eigenvalue weighted by molar-refractivity contribution is 7.89. The van der Waals surface area contributed by atoms with E-state index in [0.717, 1.165) is 0 Å². The number of carbonyl (C=O) groups is 1. The molecule has 2 bridgehead atoms. The fraction of sp³-hybridized carbons (Fsp3) is 0.917. The van der Waals surface area contributed by atoms with Crippen molar-refractivity contribution in [3.05, 3.63) is 0 Å². The second-order valence-corrected chi connectivity index (χ2v) is 10.1. The van der Waals surface area contributed by atoms with Gasteiger partial charge in [-0.1, -0.05) is 13.8 Å². The number of Topliss-reactive ketones (excluding diaryl/α,β-unsaturated/α-hetero) is 1. The summed E-state index contributed by atoms with van der Waals surface area (Å²) < 4.78 is 124. The molecule has 26 heavy (non-hydrogen) atoms. The summed E-state index contributed by atoms with van der Waals surface area (Å²) >= 11 is 0. The molecule has 3 atom stereocenters. The molecule has 0 spiro atoms. The molecule has 0 heterocycles. The number of halogens is 5. The van der Waals surface area contributed by atoms with E-state index in [4.69, 9.17) is 0 Å². The zero-order valence-corrected chi connectivity index (χ0v) is 15.0. The Kier molecular flexibility index (Phi) is 4.60. The largest absolute Gasteiger partial charge is 0.743 e. The molecule has 14 heteroatoms. The molecule has 152 valence electrons. The summed E-state index contributed by atoms with van der Waals surface area (Å²) in [5.41, 5.74) is -1.41. The van der Waals surface area contributed by atoms with Gasteiger partial charge < -0.3 is 4.55 Å². The third-order valence-electron chi connectivity index (χ3n) is 5.37. The van der Waals surface area contributed by atoms with Gasteiger partial charge in [-0.3, -0.25) is 4.79 Å². The normalized spacial score (nSPS) is 30.6. The first-order chi connectivity index (χ1) is 11.3. The molecule has 0 aliphatic heterocycles. The van der Waals surface area contributed by atoms with Gasteiger partial charge in [0.1, 0.15) is 0 Å². The monoisotopic (exact) mass is 429 g/mol. The molecule has 2 aliphatic rings. The van der Waals surface area contributed by atoms with Gasteiger partial charge in [0, 0.05) is 6.42 Å². The topological polar surface area (TPSA) is 118 Å². The summed E-state index contributed by atoms with van der Waals surface area (Å²) in [4.78, 5) is 12.2. The molecule has 2 saturated carbocycles. The van der Waals surface area contributed by atoms with Gasteiger partial charge in [-0.2, -0.15) is 30.4 Å². The van der Waals surface area contributed by atoms with Crippen LogP contribution in [0.2, 0.25) is 0 Å². The van der Waals surface area contributed by atoms with Crippen molar-refractivity contribution in [2.24, 2.45) is 11.3 Å². The summed E-state index contributed by atoms with van der Waals surface area (Å²) in [6, 6.07) is 0. The molecule has 0 amide bonds. The molecule has 7 nitrogen and oxygen atoms in total. The second kappa shape index (κ2) is 5.58. The SMILES string of the molecule is CC1(C)C2CCC1(S(=O)(=O)OC(C(F)(F)F)C(F)(F)S(=O)(=O)[O-])C(=O)C2. The summed E-state index contributed by atoms with van der Waals surface area (Å²) in [5.74, 6) is -1.51. The molecule has 3 unspecified atom stereocenters. The maximum atomic E-state index is 13.5. The van der Waals surface area contributed by atoms with Crippen molar-refractivity contribution in [3.8, 4) is 0 Å². The Morgan fingerprint density at radius 2 is 1.65 bits per heavy atom. The quantitative estimate of drug-likeness (QED) is 0.370. The third kappa shape index (κ3) is 2.67. The molecule has 0 N–H and O–H groups in total. The first-order valence-corrected chi connectivity index (χ1v) is 10.00. The average Bonchev–Trinajstić information content (AvgIpc) is 2.77. The highest BCUT2D eigenvalue weighted by atomic mass is 32.2. The van der Waals surface area contributed by atoms with E-state index in [1.54, 1.807) is 0 Å². The van der Waals surface area contributed by atoms with Gasteiger partial charge in [-0.05, 0) is 24.2 Å². The molecular weight excluding hydrogens is 415 g/mol. The van der Waals surface area contributed by atoms with Crippen LogP contribution in [0.1, 0.15) is 33.1 Å². The summed E-state index contributed by atoms with van der Waals surface area (Å²) in [6.45, 7) is 2.56. The highest BCUT2D eigenvalue weighted by Gasteiger charge is 2.74. The van der Waals surface area contributed by atoms with Gasteiger partial charge in [-0.25, -0.2) is 12.6 Å². The molecule has 0 aromatic rings. The summed E-state index contributed by atoms with van der Waals surface area (Å²) in [6.07, 6.45) is -11.6. The van der Waals surface area contributed by atoms with Crippen LogP contribution < -0.4 is 0 Å². The molecule has 2 fully saturated rings. The maximum absolute atomic E-state index is 13.5. The van der Waals surface area contributed by atoms with E-state index < -0.39 is 66.1 Å². The van der Waals surface area contributed by atoms with Crippen LogP contribution in [-0.2, 0) is 29.2 Å². The Hall–Kier alpha value is -0.860. The minimum absolute atomic E-state index is 0.133. The molecule has 2 aliphatic carbocycles. The Morgan fingerprint density at radius 1 is 1.15 bits per heavy atom. The van der Waals surface area contributed by atoms with Crippen LogP contribution in [-0.4, -0.2) is 49.5 Å². The van der Waals surface area contributed by atoms with Gasteiger partial charge in [0.2, 0.25) is 6.10 Å². The average molecular weight is 429 g/mol. The van der Waals surface area contributed by atoms with E-state index in [9.17, 15) is 48.1 Å². The van der Waals surface area contributed by atoms with Gasteiger partial charge >= 0.3 is 11.4 Å². The van der Waals surface area contributed by atoms with Crippen LogP contribution in [0.15, 0.2) is 0 Å². The van der Waals surface area contributed by atoms with E-state index in [1.807, 2.05) is 0 Å². The number of hydrogen-bond donors (Lipinski definition) is 0. The van der Waals surface area contributed by atoms with Crippen molar-refractivity contribution in [3.63, 3.8) is 0 Å². The zero-order chi connectivity index (χ0) is 20.6.